The van der Waals surface area contributed by atoms with Gasteiger partial charge in [0.25, 0.3) is 5.91 Å². The molecule has 2 N–H and O–H groups in total. The topological polar surface area (TPSA) is 97.4 Å². The molecule has 1 aliphatic carbocycles. The summed E-state index contributed by atoms with van der Waals surface area (Å²) in [5.74, 6) is -1.30. The number of rotatable bonds is 4. The van der Waals surface area contributed by atoms with Crippen LogP contribution in [0.5, 0.6) is 0 Å². The van der Waals surface area contributed by atoms with Gasteiger partial charge in [0.15, 0.2) is 6.10 Å². The van der Waals surface area contributed by atoms with E-state index in [1.165, 1.54) is 14.0 Å². The number of nitrogens with one attached hydrogen (secondary N) is 2. The molecule has 1 aromatic carbocycles. The van der Waals surface area contributed by atoms with Gasteiger partial charge in [-0.05, 0) is 54.5 Å². The molecule has 0 saturated heterocycles. The Labute approximate surface area is 183 Å². The van der Waals surface area contributed by atoms with Gasteiger partial charge in [0.2, 0.25) is 0 Å². The summed E-state index contributed by atoms with van der Waals surface area (Å²) >= 11 is 1.64. The summed E-state index contributed by atoms with van der Waals surface area (Å²) in [6, 6.07) is 10.8. The first kappa shape index (κ1) is 20.7. The van der Waals surface area contributed by atoms with E-state index in [4.69, 9.17) is 9.72 Å². The van der Waals surface area contributed by atoms with Crippen LogP contribution in [0.25, 0.3) is 22.6 Å². The largest absolute Gasteiger partial charge is 0.449 e. The van der Waals surface area contributed by atoms with Crippen molar-refractivity contribution in [1.82, 2.24) is 15.6 Å². The Hall–Kier alpha value is -3.52. The maximum Gasteiger partial charge on any atom is 0.339 e. The minimum atomic E-state index is -1.13. The first-order valence-corrected chi connectivity index (χ1v) is 10.8. The number of aromatic nitrogens is 1. The highest BCUT2D eigenvalue weighted by Gasteiger charge is 2.29. The van der Waals surface area contributed by atoms with Crippen LogP contribution >= 0.6 is 11.3 Å². The van der Waals surface area contributed by atoms with Crippen molar-refractivity contribution in [1.29, 1.82) is 0 Å². The van der Waals surface area contributed by atoms with E-state index in [1.807, 2.05) is 41.8 Å². The molecule has 7 nitrogen and oxygen atoms in total. The molecule has 0 aliphatic heterocycles. The van der Waals surface area contributed by atoms with Crippen molar-refractivity contribution in [2.75, 3.05) is 7.05 Å². The highest BCUT2D eigenvalue weighted by Crippen LogP contribution is 2.38. The zero-order chi connectivity index (χ0) is 22.0. The first-order chi connectivity index (χ1) is 15.0. The van der Waals surface area contributed by atoms with E-state index in [1.54, 1.807) is 11.3 Å². The van der Waals surface area contributed by atoms with Gasteiger partial charge in [-0.2, -0.15) is 0 Å². The number of hydrogen-bond donors (Lipinski definition) is 2. The molecule has 2 aromatic heterocycles. The number of para-hydroxylation sites is 1. The SMILES string of the molecule is CNC(=O)NC(=O)[C@H](C)OC(=O)c1c2c(nc3ccccc13)/C(=C/c1cccs1)CC2. The van der Waals surface area contributed by atoms with E-state index in [0.717, 1.165) is 28.1 Å². The number of fused-ring (bicyclic) bond motifs is 2. The Morgan fingerprint density at radius 1 is 1.16 bits per heavy atom. The molecule has 0 spiro atoms. The Kier molecular flexibility index (Phi) is 5.81. The number of ether oxygens (including phenoxy) is 1. The Morgan fingerprint density at radius 3 is 2.71 bits per heavy atom. The van der Waals surface area contributed by atoms with Gasteiger partial charge >= 0.3 is 12.0 Å². The van der Waals surface area contributed by atoms with Gasteiger partial charge in [0, 0.05) is 17.3 Å². The van der Waals surface area contributed by atoms with Gasteiger partial charge in [0.1, 0.15) is 0 Å². The van der Waals surface area contributed by atoms with Crippen LogP contribution in [-0.4, -0.2) is 36.0 Å². The van der Waals surface area contributed by atoms with Crippen molar-refractivity contribution in [2.45, 2.75) is 25.9 Å². The van der Waals surface area contributed by atoms with Crippen LogP contribution in [-0.2, 0) is 16.0 Å². The highest BCUT2D eigenvalue weighted by atomic mass is 32.1. The summed E-state index contributed by atoms with van der Waals surface area (Å²) in [4.78, 5) is 42.6. The second-order valence-electron chi connectivity index (χ2n) is 7.13. The van der Waals surface area contributed by atoms with E-state index in [0.29, 0.717) is 22.9 Å². The number of amides is 3. The number of allylic oxidation sites excluding steroid dienone is 1. The lowest BCUT2D eigenvalue weighted by molar-refractivity contribution is -0.127. The van der Waals surface area contributed by atoms with Crippen molar-refractivity contribution >= 4 is 51.8 Å². The van der Waals surface area contributed by atoms with Crippen molar-refractivity contribution in [3.05, 3.63) is 63.5 Å². The lowest BCUT2D eigenvalue weighted by Gasteiger charge is -2.16. The normalized spacial score (nSPS) is 14.8. The molecule has 8 heteroatoms. The van der Waals surface area contributed by atoms with E-state index >= 15 is 0 Å². The molecule has 0 radical (unpaired) electrons. The zero-order valence-electron chi connectivity index (χ0n) is 17.1. The van der Waals surface area contributed by atoms with E-state index < -0.39 is 24.0 Å². The maximum atomic E-state index is 13.2. The van der Waals surface area contributed by atoms with Crippen LogP contribution in [0.1, 0.15) is 39.8 Å². The summed E-state index contributed by atoms with van der Waals surface area (Å²) in [5, 5.41) is 7.11. The molecule has 0 fully saturated rings. The Balaban J connectivity index is 1.72. The summed E-state index contributed by atoms with van der Waals surface area (Å²) in [5.41, 5.74) is 3.80. The van der Waals surface area contributed by atoms with Crippen molar-refractivity contribution in [3.63, 3.8) is 0 Å². The molecule has 4 rings (SSSR count). The molecule has 3 amide bonds. The van der Waals surface area contributed by atoms with Crippen molar-refractivity contribution < 1.29 is 19.1 Å². The van der Waals surface area contributed by atoms with Gasteiger partial charge in [0.05, 0.1) is 16.8 Å². The second-order valence-corrected chi connectivity index (χ2v) is 8.11. The van der Waals surface area contributed by atoms with Gasteiger partial charge in [-0.3, -0.25) is 10.1 Å². The lowest BCUT2D eigenvalue weighted by atomic mass is 10.0. The summed E-state index contributed by atoms with van der Waals surface area (Å²) < 4.78 is 5.44. The maximum absolute atomic E-state index is 13.2. The number of hydrogen-bond acceptors (Lipinski definition) is 6. The van der Waals surface area contributed by atoms with Crippen LogP contribution in [0, 0.1) is 0 Å². The van der Waals surface area contributed by atoms with Crippen LogP contribution in [0.15, 0.2) is 41.8 Å². The highest BCUT2D eigenvalue weighted by molar-refractivity contribution is 7.10. The fourth-order valence-electron chi connectivity index (χ4n) is 3.61. The lowest BCUT2D eigenvalue weighted by Crippen LogP contribution is -2.43. The Bertz CT molecular complexity index is 1200. The predicted octanol–water partition coefficient (Wildman–Crippen LogP) is 3.78. The molecule has 2 heterocycles. The zero-order valence-corrected chi connectivity index (χ0v) is 17.9. The van der Waals surface area contributed by atoms with Crippen LogP contribution in [0.2, 0.25) is 0 Å². The number of carbonyl (C=O) groups excluding carboxylic acids is 3. The van der Waals surface area contributed by atoms with E-state index in [-0.39, 0.29) is 0 Å². The molecule has 158 valence electrons. The number of pyridine rings is 1. The molecule has 1 aliphatic rings. The van der Waals surface area contributed by atoms with E-state index in [2.05, 4.69) is 16.7 Å². The quantitative estimate of drug-likeness (QED) is 0.608. The number of benzene rings is 1. The molecule has 1 atom stereocenters. The van der Waals surface area contributed by atoms with Crippen LogP contribution in [0.3, 0.4) is 0 Å². The van der Waals surface area contributed by atoms with Crippen LogP contribution in [0.4, 0.5) is 4.79 Å². The third kappa shape index (κ3) is 4.20. The van der Waals surface area contributed by atoms with E-state index in [9.17, 15) is 14.4 Å². The monoisotopic (exact) mass is 435 g/mol. The molecule has 0 bridgehead atoms. The van der Waals surface area contributed by atoms with Gasteiger partial charge < -0.3 is 10.1 Å². The van der Waals surface area contributed by atoms with Crippen LogP contribution < -0.4 is 10.6 Å². The number of nitrogens with zero attached hydrogens (tertiary/aromatic N) is 1. The smallest absolute Gasteiger partial charge is 0.339 e. The number of imide groups is 1. The molecule has 0 saturated carbocycles. The second kappa shape index (κ2) is 8.69. The molecule has 0 unspecified atom stereocenters. The first-order valence-electron chi connectivity index (χ1n) is 9.87. The average Bonchev–Trinajstić information content (AvgIpc) is 3.42. The van der Waals surface area contributed by atoms with Gasteiger partial charge in [-0.25, -0.2) is 14.6 Å². The third-order valence-electron chi connectivity index (χ3n) is 5.12. The summed E-state index contributed by atoms with van der Waals surface area (Å²) in [7, 11) is 1.40. The number of thiophene rings is 1. The average molecular weight is 436 g/mol. The summed E-state index contributed by atoms with van der Waals surface area (Å²) in [6.07, 6.45) is 2.40. The minimum absolute atomic E-state index is 0.426. The minimum Gasteiger partial charge on any atom is -0.449 e. The summed E-state index contributed by atoms with van der Waals surface area (Å²) in [6.45, 7) is 1.43. The molecule has 31 heavy (non-hydrogen) atoms. The van der Waals surface area contributed by atoms with Crippen molar-refractivity contribution in [3.8, 4) is 0 Å². The Morgan fingerprint density at radius 2 is 1.97 bits per heavy atom. The fraction of sp³-hybridized carbons (Fsp3) is 0.217. The standard InChI is InChI=1S/C23H21N3O4S/c1-13(21(27)26-23(29)24-2)30-22(28)19-16-7-3-4-8-18(16)25-20-14(9-10-17(19)20)12-15-6-5-11-31-15/h3-8,11-13H,9-10H2,1-2H3,(H2,24,26,27,29)/b14-12+/t13-/m0/s1. The predicted molar refractivity (Wildman–Crippen MR) is 120 cm³/mol. The molecular formula is C23H21N3O4S. The molecule has 3 aromatic rings. The third-order valence-corrected chi connectivity index (χ3v) is 5.94. The number of esters is 1. The molecular weight excluding hydrogens is 414 g/mol. The fourth-order valence-corrected chi connectivity index (χ4v) is 4.29. The van der Waals surface area contributed by atoms with Crippen molar-refractivity contribution in [2.24, 2.45) is 0 Å². The van der Waals surface area contributed by atoms with Gasteiger partial charge in [-0.15, -0.1) is 11.3 Å². The van der Waals surface area contributed by atoms with Gasteiger partial charge in [-0.1, -0.05) is 24.3 Å². The number of urea groups is 1. The number of carbonyl (C=O) groups is 3.